The van der Waals surface area contributed by atoms with Crippen molar-refractivity contribution in [2.75, 3.05) is 14.2 Å². The predicted molar refractivity (Wildman–Crippen MR) is 98.5 cm³/mol. The molecule has 2 heterocycles. The highest BCUT2D eigenvalue weighted by atomic mass is 79.9. The van der Waals surface area contributed by atoms with Crippen LogP contribution < -0.4 is 9.47 Å². The van der Waals surface area contributed by atoms with Crippen molar-refractivity contribution in [3.8, 4) is 11.5 Å². The topological polar surface area (TPSA) is 54.0 Å². The molecule has 0 saturated carbocycles. The van der Waals surface area contributed by atoms with Crippen LogP contribution in [0, 0.1) is 0 Å². The molecule has 2 atom stereocenters. The van der Waals surface area contributed by atoms with Crippen molar-refractivity contribution in [2.45, 2.75) is 31.2 Å². The molecular formula is C20H19BrO5. The van der Waals surface area contributed by atoms with Crippen molar-refractivity contribution in [3.63, 3.8) is 0 Å². The van der Waals surface area contributed by atoms with Gasteiger partial charge in [0.1, 0.15) is 0 Å². The number of ether oxygens (including phenoxy) is 4. The van der Waals surface area contributed by atoms with E-state index in [1.54, 1.807) is 14.2 Å². The Labute approximate surface area is 160 Å². The highest BCUT2D eigenvalue weighted by Gasteiger charge is 2.63. The first-order chi connectivity index (χ1) is 12.3. The molecule has 0 amide bonds. The van der Waals surface area contributed by atoms with Gasteiger partial charge in [0.2, 0.25) is 11.9 Å². The van der Waals surface area contributed by atoms with Gasteiger partial charge in [0, 0.05) is 10.0 Å². The van der Waals surface area contributed by atoms with Gasteiger partial charge in [0.05, 0.1) is 19.6 Å². The fourth-order valence-electron chi connectivity index (χ4n) is 3.74. The summed E-state index contributed by atoms with van der Waals surface area (Å²) in [5.41, 5.74) is 0.550. The van der Waals surface area contributed by atoms with Gasteiger partial charge in [-0.25, -0.2) is 4.79 Å². The maximum absolute atomic E-state index is 13.0. The molecule has 0 radical (unpaired) electrons. The molecule has 6 heteroatoms. The zero-order valence-corrected chi connectivity index (χ0v) is 16.5. The lowest BCUT2D eigenvalue weighted by atomic mass is 9.72. The van der Waals surface area contributed by atoms with Gasteiger partial charge in [0.25, 0.3) is 0 Å². The summed E-state index contributed by atoms with van der Waals surface area (Å²) in [5, 5.41) is 0. The van der Waals surface area contributed by atoms with Crippen molar-refractivity contribution in [1.29, 1.82) is 0 Å². The molecular weight excluding hydrogens is 400 g/mol. The van der Waals surface area contributed by atoms with Crippen LogP contribution in [-0.2, 0) is 25.3 Å². The summed E-state index contributed by atoms with van der Waals surface area (Å²) in [7, 11) is 3.17. The summed E-state index contributed by atoms with van der Waals surface area (Å²) >= 11 is 3.43. The molecule has 1 fully saturated rings. The van der Waals surface area contributed by atoms with E-state index in [4.69, 9.17) is 18.9 Å². The molecule has 0 aliphatic carbocycles. The van der Waals surface area contributed by atoms with Crippen LogP contribution in [0.3, 0.4) is 0 Å². The molecule has 2 bridgehead atoms. The van der Waals surface area contributed by atoms with E-state index < -0.39 is 23.3 Å². The van der Waals surface area contributed by atoms with E-state index in [1.165, 1.54) is 0 Å². The fraction of sp³-hybridized carbons (Fsp3) is 0.350. The zero-order valence-electron chi connectivity index (χ0n) is 15.0. The van der Waals surface area contributed by atoms with Crippen molar-refractivity contribution in [2.24, 2.45) is 0 Å². The first-order valence-electron chi connectivity index (χ1n) is 8.26. The molecule has 2 aromatic rings. The van der Waals surface area contributed by atoms with E-state index in [2.05, 4.69) is 15.9 Å². The number of rotatable bonds is 3. The van der Waals surface area contributed by atoms with Crippen molar-refractivity contribution < 1.29 is 23.7 Å². The summed E-state index contributed by atoms with van der Waals surface area (Å²) in [5.74, 6) is 0.739. The van der Waals surface area contributed by atoms with Crippen molar-refractivity contribution in [1.82, 2.24) is 0 Å². The summed E-state index contributed by atoms with van der Waals surface area (Å²) in [6.45, 7) is 3.99. The highest BCUT2D eigenvalue weighted by molar-refractivity contribution is 9.10. The average molecular weight is 419 g/mol. The Morgan fingerprint density at radius 2 is 1.58 bits per heavy atom. The summed E-state index contributed by atoms with van der Waals surface area (Å²) < 4.78 is 23.8. The lowest BCUT2D eigenvalue weighted by Gasteiger charge is -2.40. The van der Waals surface area contributed by atoms with Crippen LogP contribution in [-0.4, -0.2) is 26.5 Å². The Morgan fingerprint density at radius 3 is 2.15 bits per heavy atom. The third-order valence-electron chi connectivity index (χ3n) is 5.22. The van der Waals surface area contributed by atoms with Gasteiger partial charge in [-0.2, -0.15) is 0 Å². The van der Waals surface area contributed by atoms with Gasteiger partial charge < -0.3 is 18.9 Å². The van der Waals surface area contributed by atoms with Crippen LogP contribution in [0.25, 0.3) is 0 Å². The number of esters is 1. The molecule has 1 saturated heterocycles. The maximum atomic E-state index is 13.0. The Morgan fingerprint density at radius 1 is 1.00 bits per heavy atom. The molecule has 2 aromatic carbocycles. The highest BCUT2D eigenvalue weighted by Crippen LogP contribution is 2.55. The molecule has 2 aliphatic rings. The molecule has 0 spiro atoms. The van der Waals surface area contributed by atoms with E-state index in [1.807, 2.05) is 50.2 Å². The van der Waals surface area contributed by atoms with Crippen LogP contribution in [0.15, 0.2) is 40.9 Å². The number of fused-ring (bicyclic) bond motifs is 4. The van der Waals surface area contributed by atoms with Gasteiger partial charge in [-0.15, -0.1) is 0 Å². The number of methoxy groups -OCH3 is 2. The predicted octanol–water partition coefficient (Wildman–Crippen LogP) is 3.90. The monoisotopic (exact) mass is 418 g/mol. The Kier molecular flexibility index (Phi) is 3.82. The smallest absolute Gasteiger partial charge is 0.350 e. The SMILES string of the molecule is COc1cc2c(cc1OC)C(C)(C)C1OC(=O)C2(c2ccc(Br)cc2)O1. The number of benzene rings is 2. The van der Waals surface area contributed by atoms with Gasteiger partial charge in [-0.1, -0.05) is 28.1 Å². The van der Waals surface area contributed by atoms with Crippen LogP contribution in [0.4, 0.5) is 0 Å². The van der Waals surface area contributed by atoms with E-state index in [-0.39, 0.29) is 0 Å². The molecule has 26 heavy (non-hydrogen) atoms. The quantitative estimate of drug-likeness (QED) is 0.707. The zero-order chi connectivity index (χ0) is 18.7. The number of carbonyl (C=O) groups excluding carboxylic acids is 1. The first-order valence-corrected chi connectivity index (χ1v) is 9.06. The summed E-state index contributed by atoms with van der Waals surface area (Å²) in [6.07, 6.45) is -0.677. The third kappa shape index (κ3) is 2.15. The molecule has 0 N–H and O–H groups in total. The number of hydrogen-bond donors (Lipinski definition) is 0. The van der Waals surface area contributed by atoms with Gasteiger partial charge in [-0.05, 0) is 49.2 Å². The van der Waals surface area contributed by atoms with Gasteiger partial charge >= 0.3 is 5.97 Å². The van der Waals surface area contributed by atoms with Crippen molar-refractivity contribution >= 4 is 21.9 Å². The van der Waals surface area contributed by atoms with E-state index in [0.29, 0.717) is 11.5 Å². The van der Waals surface area contributed by atoms with E-state index in [9.17, 15) is 4.79 Å². The molecule has 0 aromatic heterocycles. The minimum absolute atomic E-state index is 0.413. The second-order valence-corrected chi connectivity index (χ2v) is 7.93. The van der Waals surface area contributed by atoms with Gasteiger partial charge in [0.15, 0.2) is 11.5 Å². The minimum atomic E-state index is -1.31. The van der Waals surface area contributed by atoms with Crippen LogP contribution in [0.2, 0.25) is 0 Å². The lowest BCUT2D eigenvalue weighted by Crippen LogP contribution is -2.45. The van der Waals surface area contributed by atoms with E-state index in [0.717, 1.165) is 21.2 Å². The second kappa shape index (κ2) is 5.72. The molecule has 5 nitrogen and oxygen atoms in total. The van der Waals surface area contributed by atoms with E-state index >= 15 is 0 Å². The van der Waals surface area contributed by atoms with Crippen LogP contribution in [0.5, 0.6) is 11.5 Å². The Bertz CT molecular complexity index is 890. The summed E-state index contributed by atoms with van der Waals surface area (Å²) in [4.78, 5) is 13.0. The molecule has 2 aliphatic heterocycles. The minimum Gasteiger partial charge on any atom is -0.493 e. The Balaban J connectivity index is 2.05. The third-order valence-corrected chi connectivity index (χ3v) is 5.75. The Hall–Kier alpha value is -2.05. The fourth-order valence-corrected chi connectivity index (χ4v) is 4.00. The molecule has 2 unspecified atom stereocenters. The van der Waals surface area contributed by atoms with Crippen LogP contribution in [0.1, 0.15) is 30.5 Å². The lowest BCUT2D eigenvalue weighted by molar-refractivity contribution is -0.149. The normalized spacial score (nSPS) is 25.4. The summed E-state index contributed by atoms with van der Waals surface area (Å²) in [6, 6.07) is 11.2. The number of carbonyl (C=O) groups is 1. The number of halogens is 1. The number of hydrogen-bond acceptors (Lipinski definition) is 5. The molecule has 4 rings (SSSR count). The first kappa shape index (κ1) is 17.4. The standard InChI is InChI=1S/C20H19BrO5/c1-19(2)13-9-15(23-3)16(24-4)10-14(13)20(17(22)25-18(19)26-20)11-5-7-12(21)8-6-11/h5-10,18H,1-4H3. The largest absolute Gasteiger partial charge is 0.493 e. The maximum Gasteiger partial charge on any atom is 0.350 e. The van der Waals surface area contributed by atoms with Crippen molar-refractivity contribution in [3.05, 3.63) is 57.6 Å². The van der Waals surface area contributed by atoms with Crippen LogP contribution >= 0.6 is 15.9 Å². The molecule has 136 valence electrons. The second-order valence-electron chi connectivity index (χ2n) is 7.02. The van der Waals surface area contributed by atoms with Gasteiger partial charge in [-0.3, -0.25) is 0 Å². The average Bonchev–Trinajstić information content (AvgIpc) is 2.97.